The van der Waals surface area contributed by atoms with E-state index in [0.29, 0.717) is 17.2 Å². The molecule has 0 fully saturated rings. The van der Waals surface area contributed by atoms with Gasteiger partial charge in [0.25, 0.3) is 0 Å². The van der Waals surface area contributed by atoms with Gasteiger partial charge in [0.1, 0.15) is 6.07 Å². The number of nitrogens with zero attached hydrogens (tertiary/aromatic N) is 2. The first-order valence-corrected chi connectivity index (χ1v) is 5.63. The second kappa shape index (κ2) is 5.41. The molecular weight excluding hydrogens is 198 g/mol. The predicted octanol–water partition coefficient (Wildman–Crippen LogP) is 2.62. The lowest BCUT2D eigenvalue weighted by Crippen LogP contribution is -2.28. The van der Waals surface area contributed by atoms with E-state index in [1.807, 2.05) is 12.1 Å². The second-order valence-electron chi connectivity index (χ2n) is 4.28. The van der Waals surface area contributed by atoms with Crippen LogP contribution in [0.4, 0.5) is 11.4 Å². The maximum Gasteiger partial charge on any atom is 0.101 e. The van der Waals surface area contributed by atoms with Crippen LogP contribution in [0.5, 0.6) is 0 Å². The van der Waals surface area contributed by atoms with Crippen LogP contribution in [0.25, 0.3) is 0 Å². The van der Waals surface area contributed by atoms with Gasteiger partial charge in [0.05, 0.1) is 16.9 Å². The molecule has 2 N–H and O–H groups in total. The summed E-state index contributed by atoms with van der Waals surface area (Å²) in [5.41, 5.74) is 8.10. The summed E-state index contributed by atoms with van der Waals surface area (Å²) in [5, 5.41) is 8.93. The highest BCUT2D eigenvalue weighted by Gasteiger charge is 2.11. The van der Waals surface area contributed by atoms with E-state index >= 15 is 0 Å². The molecule has 3 nitrogen and oxygen atoms in total. The molecule has 3 heteroatoms. The van der Waals surface area contributed by atoms with Crippen molar-refractivity contribution in [2.24, 2.45) is 5.92 Å². The van der Waals surface area contributed by atoms with E-state index in [9.17, 15) is 0 Å². The third kappa shape index (κ3) is 2.66. The zero-order valence-electron chi connectivity index (χ0n) is 10.2. The molecule has 1 rings (SSSR count). The van der Waals surface area contributed by atoms with Gasteiger partial charge >= 0.3 is 0 Å². The molecule has 0 heterocycles. The second-order valence-corrected chi connectivity index (χ2v) is 4.28. The van der Waals surface area contributed by atoms with Gasteiger partial charge in [0.2, 0.25) is 0 Å². The van der Waals surface area contributed by atoms with Crippen molar-refractivity contribution < 1.29 is 0 Å². The van der Waals surface area contributed by atoms with Crippen LogP contribution < -0.4 is 10.6 Å². The van der Waals surface area contributed by atoms with Gasteiger partial charge in [-0.1, -0.05) is 19.9 Å². The highest BCUT2D eigenvalue weighted by molar-refractivity contribution is 5.73. The molecule has 0 unspecified atom stereocenters. The highest BCUT2D eigenvalue weighted by atomic mass is 15.1. The third-order valence-corrected chi connectivity index (χ3v) is 2.51. The first-order valence-electron chi connectivity index (χ1n) is 5.63. The van der Waals surface area contributed by atoms with Gasteiger partial charge in [-0.15, -0.1) is 0 Å². The number of nitrogen functional groups attached to an aromatic ring is 1. The van der Waals surface area contributed by atoms with Gasteiger partial charge in [-0.05, 0) is 25.0 Å². The van der Waals surface area contributed by atoms with Crippen molar-refractivity contribution in [2.45, 2.75) is 20.8 Å². The minimum Gasteiger partial charge on any atom is -0.396 e. The van der Waals surface area contributed by atoms with Crippen LogP contribution in [0.1, 0.15) is 26.3 Å². The molecule has 1 aromatic rings. The van der Waals surface area contributed by atoms with E-state index in [1.54, 1.807) is 6.07 Å². The first kappa shape index (κ1) is 12.4. The minimum absolute atomic E-state index is 0.555. The lowest BCUT2D eigenvalue weighted by atomic mass is 10.1. The number of nitriles is 1. The summed E-state index contributed by atoms with van der Waals surface area (Å²) in [7, 11) is 0. The fourth-order valence-corrected chi connectivity index (χ4v) is 1.76. The Balaban J connectivity index is 3.06. The van der Waals surface area contributed by atoms with Crippen molar-refractivity contribution in [1.82, 2.24) is 0 Å². The Labute approximate surface area is 97.5 Å². The van der Waals surface area contributed by atoms with Crippen LogP contribution in [-0.2, 0) is 0 Å². The molecule has 0 aliphatic heterocycles. The average Bonchev–Trinajstić information content (AvgIpc) is 2.26. The quantitative estimate of drug-likeness (QED) is 0.789. The van der Waals surface area contributed by atoms with Crippen molar-refractivity contribution in [1.29, 1.82) is 5.26 Å². The summed E-state index contributed by atoms with van der Waals surface area (Å²) in [6, 6.07) is 7.72. The average molecular weight is 217 g/mol. The number of hydrogen-bond acceptors (Lipinski definition) is 3. The molecule has 86 valence electrons. The summed E-state index contributed by atoms with van der Waals surface area (Å²) in [6.45, 7) is 8.30. The molecule has 0 aliphatic carbocycles. The lowest BCUT2D eigenvalue weighted by molar-refractivity contribution is 0.619. The molecule has 0 spiro atoms. The van der Waals surface area contributed by atoms with Crippen molar-refractivity contribution in [3.8, 4) is 6.07 Å². The monoisotopic (exact) mass is 217 g/mol. The molecule has 0 saturated heterocycles. The van der Waals surface area contributed by atoms with Crippen LogP contribution in [0.2, 0.25) is 0 Å². The third-order valence-electron chi connectivity index (χ3n) is 2.51. The molecule has 16 heavy (non-hydrogen) atoms. The van der Waals surface area contributed by atoms with Crippen molar-refractivity contribution in [3.05, 3.63) is 23.8 Å². The maximum absolute atomic E-state index is 8.93. The fraction of sp³-hybridized carbons (Fsp3) is 0.462. The fourth-order valence-electron chi connectivity index (χ4n) is 1.76. The van der Waals surface area contributed by atoms with Crippen molar-refractivity contribution in [3.63, 3.8) is 0 Å². The van der Waals surface area contributed by atoms with E-state index in [1.165, 1.54) is 0 Å². The van der Waals surface area contributed by atoms with Crippen LogP contribution in [0, 0.1) is 17.2 Å². The highest BCUT2D eigenvalue weighted by Crippen LogP contribution is 2.26. The Morgan fingerprint density at radius 1 is 1.44 bits per heavy atom. The van der Waals surface area contributed by atoms with Gasteiger partial charge in [0, 0.05) is 13.1 Å². The summed E-state index contributed by atoms with van der Waals surface area (Å²) in [4.78, 5) is 2.21. The zero-order valence-corrected chi connectivity index (χ0v) is 10.2. The molecule has 0 saturated carbocycles. The number of para-hydroxylation sites is 1. The summed E-state index contributed by atoms with van der Waals surface area (Å²) in [6.07, 6.45) is 0. The Morgan fingerprint density at radius 3 is 2.62 bits per heavy atom. The van der Waals surface area contributed by atoms with E-state index in [0.717, 1.165) is 18.8 Å². The SMILES string of the molecule is CCN(CC(C)C)c1cccc(C#N)c1N. The topological polar surface area (TPSA) is 53.0 Å². The minimum atomic E-state index is 0.555. The first-order chi connectivity index (χ1) is 7.60. The van der Waals surface area contributed by atoms with Gasteiger partial charge in [-0.2, -0.15) is 5.26 Å². The van der Waals surface area contributed by atoms with Crippen LogP contribution >= 0.6 is 0 Å². The Bertz CT molecular complexity index is 391. The number of hydrogen-bond donors (Lipinski definition) is 1. The number of nitrogens with two attached hydrogens (primary N) is 1. The number of anilines is 2. The summed E-state index contributed by atoms with van der Waals surface area (Å²) >= 11 is 0. The lowest BCUT2D eigenvalue weighted by Gasteiger charge is -2.26. The Kier molecular flexibility index (Phi) is 4.19. The molecule has 0 aliphatic rings. The van der Waals surface area contributed by atoms with E-state index in [4.69, 9.17) is 11.0 Å². The maximum atomic E-state index is 8.93. The van der Waals surface area contributed by atoms with E-state index in [2.05, 4.69) is 31.7 Å². The number of benzene rings is 1. The Morgan fingerprint density at radius 2 is 2.12 bits per heavy atom. The van der Waals surface area contributed by atoms with Crippen LogP contribution in [-0.4, -0.2) is 13.1 Å². The Hall–Kier alpha value is -1.69. The van der Waals surface area contributed by atoms with Crippen molar-refractivity contribution >= 4 is 11.4 Å². The smallest absolute Gasteiger partial charge is 0.101 e. The largest absolute Gasteiger partial charge is 0.396 e. The van der Waals surface area contributed by atoms with E-state index < -0.39 is 0 Å². The molecule has 0 atom stereocenters. The molecule has 1 aromatic carbocycles. The normalized spacial score (nSPS) is 10.2. The standard InChI is InChI=1S/C13H19N3/c1-4-16(9-10(2)3)12-7-5-6-11(8-14)13(12)15/h5-7,10H,4,9,15H2,1-3H3. The van der Waals surface area contributed by atoms with Crippen LogP contribution in [0.3, 0.4) is 0 Å². The van der Waals surface area contributed by atoms with Gasteiger partial charge < -0.3 is 10.6 Å². The van der Waals surface area contributed by atoms with Gasteiger partial charge in [-0.3, -0.25) is 0 Å². The van der Waals surface area contributed by atoms with Crippen molar-refractivity contribution in [2.75, 3.05) is 23.7 Å². The van der Waals surface area contributed by atoms with Gasteiger partial charge in [-0.25, -0.2) is 0 Å². The molecular formula is C13H19N3. The molecule has 0 amide bonds. The summed E-state index contributed by atoms with van der Waals surface area (Å²) in [5.74, 6) is 0.574. The van der Waals surface area contributed by atoms with E-state index in [-0.39, 0.29) is 0 Å². The number of rotatable bonds is 4. The zero-order chi connectivity index (χ0) is 12.1. The molecule has 0 aromatic heterocycles. The summed E-state index contributed by atoms with van der Waals surface area (Å²) < 4.78 is 0. The predicted molar refractivity (Wildman–Crippen MR) is 68.3 cm³/mol. The molecule has 0 radical (unpaired) electrons. The van der Waals surface area contributed by atoms with Crippen LogP contribution in [0.15, 0.2) is 18.2 Å². The van der Waals surface area contributed by atoms with Gasteiger partial charge in [0.15, 0.2) is 0 Å². The molecule has 0 bridgehead atoms.